The number of halogens is 4. The molecule has 5 aromatic rings. The van der Waals surface area contributed by atoms with E-state index in [1.165, 1.54) is 55.6 Å². The second kappa shape index (κ2) is 79.4. The average molecular weight is 2250 g/mol. The second-order valence-corrected chi connectivity index (χ2v) is 49.8. The van der Waals surface area contributed by atoms with E-state index in [0.29, 0.717) is 43.6 Å². The minimum Gasteiger partial charge on any atom is -0.480 e. The third kappa shape index (κ3) is 74.6. The number of carboxylic acids is 1. The van der Waals surface area contributed by atoms with Crippen LogP contribution in [0.4, 0.5) is 24.0 Å². The van der Waals surface area contributed by atoms with Gasteiger partial charge in [0.15, 0.2) is 5.78 Å². The summed E-state index contributed by atoms with van der Waals surface area (Å²) < 4.78 is 45.3. The van der Waals surface area contributed by atoms with Crippen molar-refractivity contribution in [2.45, 2.75) is 370 Å². The molecule has 0 radical (unpaired) electrons. The Bertz CT molecular complexity index is 4050. The van der Waals surface area contributed by atoms with Gasteiger partial charge in [-0.2, -0.15) is 15.8 Å². The molecule has 5 atom stereocenters. The number of carboxylic acid groups (broad SMARTS) is 1. The first-order valence-electron chi connectivity index (χ1n) is 40.6. The maximum Gasteiger partial charge on any atom is 0.408 e. The number of hydrogen-bond donors (Lipinski definition) is 7. The van der Waals surface area contributed by atoms with Crippen LogP contribution in [0.2, 0.25) is 13.3 Å². The minimum absolute atomic E-state index is 0. The second-order valence-electron chi connectivity index (χ2n) is 33.3. The van der Waals surface area contributed by atoms with Crippen LogP contribution in [-0.4, -0.2) is 148 Å². The number of amides is 6. The number of alkyl carbamates (subject to hydrolysis) is 5. The van der Waals surface area contributed by atoms with E-state index in [-0.39, 0.29) is 107 Å². The number of ketones is 1. The van der Waals surface area contributed by atoms with Crippen LogP contribution >= 0.6 is 63.7 Å². The molecule has 0 fully saturated rings. The number of rotatable bonds is 34. The molecule has 25 nitrogen and oxygen atoms in total. The van der Waals surface area contributed by atoms with Gasteiger partial charge in [-0.25, -0.2) is 28.8 Å². The zero-order valence-corrected chi connectivity index (χ0v) is 84.1. The molecule has 0 spiro atoms. The Hall–Kier alpha value is -8.67. The number of nitriles is 3. The van der Waals surface area contributed by atoms with E-state index in [0.717, 1.165) is 53.4 Å². The summed E-state index contributed by atoms with van der Waals surface area (Å²) in [5.41, 5.74) is 8.23. The summed E-state index contributed by atoms with van der Waals surface area (Å²) in [4.78, 5) is 92.4. The van der Waals surface area contributed by atoms with Crippen LogP contribution in [0.25, 0.3) is 5.76 Å². The fourth-order valence-corrected chi connectivity index (χ4v) is 26.5. The van der Waals surface area contributed by atoms with E-state index in [2.05, 4.69) is 143 Å². The summed E-state index contributed by atoms with van der Waals surface area (Å²) in [5.74, 6) is -1.09. The van der Waals surface area contributed by atoms with Crippen molar-refractivity contribution in [1.82, 2.24) is 26.6 Å². The molecular formula is C104H179Br4N9O16Sn. The molecule has 5 rings (SSSR count). The normalized spacial score (nSPS) is 11.1. The third-order valence-electron chi connectivity index (χ3n) is 16.4. The van der Waals surface area contributed by atoms with Gasteiger partial charge in [-0.15, -0.1) is 0 Å². The molecule has 0 heterocycles. The smallest absolute Gasteiger partial charge is 0.408 e. The summed E-state index contributed by atoms with van der Waals surface area (Å²) in [6.45, 7) is 46.8. The number of primary amides is 1. The summed E-state index contributed by atoms with van der Waals surface area (Å²) in [6, 6.07) is 39.2. The number of nitrogens with two attached hydrogens (primary N) is 1. The number of benzene rings is 5. The Labute approximate surface area is 851 Å². The summed E-state index contributed by atoms with van der Waals surface area (Å²) in [6.07, 6.45) is 6.64. The maximum atomic E-state index is 11.7. The van der Waals surface area contributed by atoms with Gasteiger partial charge in [0.1, 0.15) is 64.0 Å². The fourth-order valence-electron chi connectivity index (χ4n) is 10.8. The van der Waals surface area contributed by atoms with E-state index in [9.17, 15) is 43.6 Å². The Morgan fingerprint density at radius 2 is 0.612 bits per heavy atom. The average Bonchev–Trinajstić information content (AvgIpc) is 0.848. The largest absolute Gasteiger partial charge is 0.480 e. The number of carbonyl (C=O) groups excluding carboxylic acids is 7. The van der Waals surface area contributed by atoms with E-state index >= 15 is 0 Å². The van der Waals surface area contributed by atoms with Gasteiger partial charge in [0.2, 0.25) is 5.91 Å². The van der Waals surface area contributed by atoms with Crippen molar-refractivity contribution >= 4 is 136 Å². The number of unbranched alkanes of at least 4 members (excludes halogenated alkanes) is 3. The zero-order valence-electron chi connectivity index (χ0n) is 74.9. The van der Waals surface area contributed by atoms with Crippen LogP contribution in [0, 0.1) is 34.0 Å². The standard InChI is InChI=1S/C18H24N2O3.C16H19BrN2O3.C14H19BrN2O3.C14H17BrN2O2.C14H18BrNO4.C4H7O.3C4H9.12CH4.Sn/c1-6-22-13(2)15-9-7-14(8-10-15)11-16(12-19)20-17(21)23-18(3,4)5;1-16(2,3)22-15(21)19-13(10-18)8-11-4-6-12(7-5-11)14(20)9-17;1-14(2,3)20-13(19)17-11(12(16)18)8-9-4-6-10(15)7-5-9;1-14(2,3)19-13(18)17-12(9-16)8-10-4-6-11(15)7-5-10;1-14(2,3)20-13(19)16-11(12(17)18)8-9-4-6-10(15)7-5-9;1-3-5-4-2;3*1-3-4-2;;;;;;;;;;;;;/h7-10,16H,2,6,11H2,1,3-5H3,(H,20,21);4-7,13H,8-9H2,1-3H3,(H,19,21);4-7,11H,8H2,1-3H3,(H2,16,18)(H,17,19);4-7,12H,8H2,1-3H3,(H,17,18);4-7,11H,8H2,1-3H3,(H,16,19)(H,17,18);1,4H2,2H3;3*1,3-4H2,2H3;12*1H4;/t16-;13-;11-;12-;11-;;;;;;;;;;;;;;;;;/m00000................./s1. The minimum atomic E-state index is -2.24. The first-order valence-corrected chi connectivity index (χ1v) is 51.6. The summed E-state index contributed by atoms with van der Waals surface area (Å²) in [5, 5.41) is 49.3. The molecule has 0 bridgehead atoms. The van der Waals surface area contributed by atoms with Gasteiger partial charge in [0.25, 0.3) is 0 Å². The first-order chi connectivity index (χ1) is 56.8. The SMILES string of the molecule is C.C.C.C.C.C.C.C.C.C.C.C.C=C(OCC)c1ccc(C[C@@H](C#N)NC(=O)OC(C)(C)C)cc1.C=[C](OCC)[Sn]([CH2]CCC)([CH2]CCC)[CH2]CCC.CC(C)(C)OC(=O)N[C@@H](Cc1ccc(Br)cc1)C(=O)O.CC(C)(C)OC(=O)N[C@@H](Cc1ccc(Br)cc1)C(N)=O.CC(C)(C)OC(=O)N[C@H](C#N)Cc1ccc(Br)cc1.CC(C)(C)OC(=O)N[C@H](C#N)Cc1ccc(C(=O)CBr)cc1. The predicted molar refractivity (Wildman–Crippen MR) is 579 cm³/mol. The first kappa shape index (κ1) is 154. The third-order valence-corrected chi connectivity index (χ3v) is 33.5. The molecule has 134 heavy (non-hydrogen) atoms. The van der Waals surface area contributed by atoms with Crippen LogP contribution in [0.15, 0.2) is 152 Å². The Morgan fingerprint density at radius 3 is 0.836 bits per heavy atom. The molecule has 768 valence electrons. The van der Waals surface area contributed by atoms with Crippen molar-refractivity contribution < 1.29 is 76.6 Å². The monoisotopic (exact) mass is 2250 g/mol. The van der Waals surface area contributed by atoms with Crippen LogP contribution in [-0.2, 0) is 74.9 Å². The number of hydrogen-bond acceptors (Lipinski definition) is 18. The molecule has 0 aliphatic rings. The molecule has 5 aromatic carbocycles. The fraction of sp³-hybridized carbons (Fsp3) is 0.567. The molecule has 0 aliphatic heterocycles. The van der Waals surface area contributed by atoms with Crippen molar-refractivity contribution in [1.29, 1.82) is 15.8 Å². The molecule has 8 N–H and O–H groups in total. The van der Waals surface area contributed by atoms with E-state index in [1.807, 2.05) is 97.9 Å². The van der Waals surface area contributed by atoms with E-state index in [4.69, 9.17) is 54.5 Å². The van der Waals surface area contributed by atoms with Gasteiger partial charge in [0.05, 0.1) is 30.1 Å². The van der Waals surface area contributed by atoms with Gasteiger partial charge >= 0.3 is 156 Å². The Morgan fingerprint density at radius 1 is 0.381 bits per heavy atom. The van der Waals surface area contributed by atoms with Crippen molar-refractivity contribution in [3.05, 3.63) is 191 Å². The Balaban J connectivity index is -0.000000117. The van der Waals surface area contributed by atoms with Crippen molar-refractivity contribution in [2.75, 3.05) is 18.5 Å². The molecule has 0 saturated carbocycles. The van der Waals surface area contributed by atoms with Gasteiger partial charge in [-0.05, 0) is 175 Å². The zero-order chi connectivity index (χ0) is 93.2. The Kier molecular flexibility index (Phi) is 91.0. The van der Waals surface area contributed by atoms with Gasteiger partial charge in [-0.1, -0.05) is 244 Å². The van der Waals surface area contributed by atoms with Crippen molar-refractivity contribution in [2.24, 2.45) is 5.73 Å². The molecule has 0 saturated heterocycles. The number of alkyl halides is 1. The van der Waals surface area contributed by atoms with Crippen LogP contribution in [0.5, 0.6) is 0 Å². The summed E-state index contributed by atoms with van der Waals surface area (Å²) in [7, 11) is 0. The van der Waals surface area contributed by atoms with Crippen LogP contribution < -0.4 is 32.3 Å². The number of ether oxygens (including phenoxy) is 7. The van der Waals surface area contributed by atoms with Gasteiger partial charge < -0.3 is 65.8 Å². The molecule has 6 amide bonds. The number of aliphatic carboxylic acids is 1. The molecule has 0 unspecified atom stereocenters. The molecular weight excluding hydrogens is 2070 g/mol. The van der Waals surface area contributed by atoms with Crippen LogP contribution in [0.3, 0.4) is 0 Å². The molecule has 30 heteroatoms. The van der Waals surface area contributed by atoms with Gasteiger partial charge in [-0.3, -0.25) is 9.59 Å². The number of carbonyl (C=O) groups is 8. The van der Waals surface area contributed by atoms with E-state index < -0.39 is 119 Å². The summed E-state index contributed by atoms with van der Waals surface area (Å²) >= 11 is 10.9. The topological polar surface area (TPSA) is 379 Å². The molecule has 0 aliphatic carbocycles. The van der Waals surface area contributed by atoms with Crippen molar-refractivity contribution in [3.8, 4) is 18.2 Å². The quantitative estimate of drug-likeness (QED) is 0.00661. The molecule has 0 aromatic heterocycles. The van der Waals surface area contributed by atoms with Crippen LogP contribution in [0.1, 0.15) is 310 Å². The number of nitrogens with one attached hydrogen (secondary N) is 5. The van der Waals surface area contributed by atoms with Gasteiger partial charge in [0, 0.05) is 56.6 Å². The van der Waals surface area contributed by atoms with E-state index in [1.54, 1.807) is 140 Å². The van der Waals surface area contributed by atoms with Crippen molar-refractivity contribution in [3.63, 3.8) is 0 Å². The number of Topliss-reactive ketones (excluding diaryl/α,β-unsaturated/α-hetero) is 1. The number of nitrogens with zero attached hydrogens (tertiary/aromatic N) is 3. The predicted octanol–water partition coefficient (Wildman–Crippen LogP) is 29.2. The maximum absolute atomic E-state index is 11.7.